The van der Waals surface area contributed by atoms with E-state index in [1.54, 1.807) is 17.2 Å². The summed E-state index contributed by atoms with van der Waals surface area (Å²) in [6.07, 6.45) is 2.91. The van der Waals surface area contributed by atoms with Crippen molar-refractivity contribution >= 4 is 33.9 Å². The van der Waals surface area contributed by atoms with Gasteiger partial charge in [-0.2, -0.15) is 5.26 Å². The molecule has 13 heteroatoms. The van der Waals surface area contributed by atoms with Crippen LogP contribution >= 0.6 is 11.3 Å². The van der Waals surface area contributed by atoms with Gasteiger partial charge in [-0.3, -0.25) is 4.98 Å². The van der Waals surface area contributed by atoms with Crippen molar-refractivity contribution in [3.63, 3.8) is 0 Å². The Morgan fingerprint density at radius 3 is 2.59 bits per heavy atom. The molecule has 0 spiro atoms. The molecule has 5 rings (SSSR count). The van der Waals surface area contributed by atoms with E-state index in [9.17, 15) is 9.18 Å². The van der Waals surface area contributed by atoms with Crippen molar-refractivity contribution in [2.24, 2.45) is 0 Å². The Balaban J connectivity index is 1.41. The number of ether oxygens (including phenoxy) is 2. The fourth-order valence-electron chi connectivity index (χ4n) is 4.74. The third-order valence-electron chi connectivity index (χ3n) is 6.89. The van der Waals surface area contributed by atoms with Gasteiger partial charge in [0.05, 0.1) is 34.3 Å². The maximum atomic E-state index is 14.9. The number of aromatic nitrogens is 3. The number of carbonyl (C=O) groups is 1. The van der Waals surface area contributed by atoms with Gasteiger partial charge in [0.1, 0.15) is 11.4 Å². The van der Waals surface area contributed by atoms with Gasteiger partial charge in [0.2, 0.25) is 5.13 Å². The second-order valence-corrected chi connectivity index (χ2v) is 11.9. The molecule has 2 aliphatic heterocycles. The second-order valence-electron chi connectivity index (χ2n) is 11.0. The third-order valence-corrected chi connectivity index (χ3v) is 7.90. The highest BCUT2D eigenvalue weighted by atomic mass is 32.1. The lowest BCUT2D eigenvalue weighted by molar-refractivity contribution is 0.0240. The number of amides is 1. The van der Waals surface area contributed by atoms with Gasteiger partial charge in [-0.25, -0.2) is 9.18 Å². The van der Waals surface area contributed by atoms with Gasteiger partial charge >= 0.3 is 6.09 Å². The van der Waals surface area contributed by atoms with Crippen LogP contribution in [-0.2, 0) is 9.47 Å². The number of carbonyl (C=O) groups excluding carboxylic acids is 1. The predicted octanol–water partition coefficient (Wildman–Crippen LogP) is 4.51. The van der Waals surface area contributed by atoms with Crippen molar-refractivity contribution in [1.82, 2.24) is 20.1 Å². The first kappa shape index (κ1) is 28.5. The molecule has 0 aliphatic carbocycles. The van der Waals surface area contributed by atoms with Crippen molar-refractivity contribution in [2.45, 2.75) is 45.3 Å². The Bertz CT molecular complexity index is 1450. The van der Waals surface area contributed by atoms with E-state index in [1.807, 2.05) is 26.8 Å². The Labute approximate surface area is 242 Å². The van der Waals surface area contributed by atoms with E-state index in [2.05, 4.69) is 25.4 Å². The molecule has 2 aliphatic rings. The monoisotopic (exact) mass is 580 g/mol. The van der Waals surface area contributed by atoms with E-state index < -0.39 is 11.4 Å². The summed E-state index contributed by atoms with van der Waals surface area (Å²) in [7, 11) is 0. The molecule has 4 heterocycles. The zero-order valence-corrected chi connectivity index (χ0v) is 24.1. The molecule has 3 aromatic rings. The number of hydrogen-bond donors (Lipinski definition) is 2. The van der Waals surface area contributed by atoms with Crippen LogP contribution in [0.2, 0.25) is 0 Å². The zero-order valence-electron chi connectivity index (χ0n) is 23.3. The average molecular weight is 581 g/mol. The summed E-state index contributed by atoms with van der Waals surface area (Å²) < 4.78 is 26.0. The average Bonchev–Trinajstić information content (AvgIpc) is 3.44. The van der Waals surface area contributed by atoms with Crippen LogP contribution in [0, 0.1) is 17.1 Å². The molecular formula is C28H33FN8O3S. The Hall–Kier alpha value is -4.02. The fourth-order valence-corrected chi connectivity index (χ4v) is 5.65. The first-order valence-corrected chi connectivity index (χ1v) is 14.3. The molecule has 0 radical (unpaired) electrons. The molecule has 41 heavy (non-hydrogen) atoms. The van der Waals surface area contributed by atoms with Gasteiger partial charge in [0.25, 0.3) is 0 Å². The van der Waals surface area contributed by atoms with Gasteiger partial charge in [0.15, 0.2) is 5.01 Å². The lowest BCUT2D eigenvalue weighted by atomic mass is 10.0. The molecular weight excluding hydrogens is 547 g/mol. The van der Waals surface area contributed by atoms with Crippen molar-refractivity contribution in [1.29, 1.82) is 5.26 Å². The minimum Gasteiger partial charge on any atom is -0.444 e. The van der Waals surface area contributed by atoms with E-state index >= 15 is 0 Å². The number of rotatable bonds is 5. The number of nitrogens with zero attached hydrogens (tertiary/aromatic N) is 6. The number of anilines is 3. The van der Waals surface area contributed by atoms with Crippen molar-refractivity contribution in [3.8, 4) is 27.9 Å². The van der Waals surface area contributed by atoms with Crippen LogP contribution in [0.5, 0.6) is 0 Å². The van der Waals surface area contributed by atoms with Crippen LogP contribution in [0.15, 0.2) is 24.4 Å². The zero-order chi connectivity index (χ0) is 29.1. The van der Waals surface area contributed by atoms with Gasteiger partial charge in [-0.15, -0.1) is 10.2 Å². The quantitative estimate of drug-likeness (QED) is 0.443. The molecule has 216 valence electrons. The van der Waals surface area contributed by atoms with Gasteiger partial charge < -0.3 is 30.3 Å². The number of nitrogens with two attached hydrogens (primary N) is 1. The Morgan fingerprint density at radius 2 is 1.93 bits per heavy atom. The number of benzene rings is 1. The molecule has 2 fully saturated rings. The van der Waals surface area contributed by atoms with Crippen LogP contribution < -0.4 is 16.0 Å². The van der Waals surface area contributed by atoms with E-state index in [-0.39, 0.29) is 29.0 Å². The van der Waals surface area contributed by atoms with E-state index in [0.29, 0.717) is 61.3 Å². The van der Waals surface area contributed by atoms with Gasteiger partial charge in [-0.1, -0.05) is 11.3 Å². The summed E-state index contributed by atoms with van der Waals surface area (Å²) in [6.45, 7) is 9.04. The summed E-state index contributed by atoms with van der Waals surface area (Å²) in [5.41, 5.74) is 8.40. The molecule has 1 amide bonds. The maximum absolute atomic E-state index is 14.9. The molecule has 3 N–H and O–H groups in total. The summed E-state index contributed by atoms with van der Waals surface area (Å²) in [5.74, 6) is -0.572. The lowest BCUT2D eigenvalue weighted by Gasteiger charge is -2.35. The van der Waals surface area contributed by atoms with E-state index in [1.165, 1.54) is 23.5 Å². The first-order valence-electron chi connectivity index (χ1n) is 13.5. The standard InChI is InChI=1S/C28H33FN8O3S/c1-28(2,3)40-27(38)37-10-8-36(9-11-37)26-35-34-25(41-26)20-16-32-23(19-5-4-17(15-30)14-21(19)29)22(31)24(20)33-18-6-12-39-13-7-18/h4-5,14,16,18H,6-13,31H2,1-3H3,(H,32,33). The Morgan fingerprint density at radius 1 is 1.20 bits per heavy atom. The number of piperazine rings is 1. The highest BCUT2D eigenvalue weighted by Crippen LogP contribution is 2.41. The molecule has 0 unspecified atom stereocenters. The van der Waals surface area contributed by atoms with Crippen molar-refractivity contribution in [2.75, 3.05) is 55.3 Å². The smallest absolute Gasteiger partial charge is 0.410 e. The molecule has 1 aromatic carbocycles. The molecule has 2 saturated heterocycles. The number of hydrogen-bond acceptors (Lipinski definition) is 11. The summed E-state index contributed by atoms with van der Waals surface area (Å²) >= 11 is 1.41. The number of halogens is 1. The highest BCUT2D eigenvalue weighted by Gasteiger charge is 2.28. The number of pyridine rings is 1. The second kappa shape index (κ2) is 11.8. The predicted molar refractivity (Wildman–Crippen MR) is 155 cm³/mol. The maximum Gasteiger partial charge on any atom is 0.410 e. The molecule has 2 aromatic heterocycles. The molecule has 0 bridgehead atoms. The van der Waals surface area contributed by atoms with E-state index in [0.717, 1.165) is 18.0 Å². The fraction of sp³-hybridized carbons (Fsp3) is 0.464. The summed E-state index contributed by atoms with van der Waals surface area (Å²) in [6, 6.07) is 6.29. The van der Waals surface area contributed by atoms with Gasteiger partial charge in [-0.05, 0) is 51.8 Å². The molecule has 0 atom stereocenters. The first-order chi connectivity index (χ1) is 19.6. The van der Waals surface area contributed by atoms with E-state index in [4.69, 9.17) is 20.5 Å². The van der Waals surface area contributed by atoms with Crippen molar-refractivity contribution in [3.05, 3.63) is 35.8 Å². The van der Waals surface area contributed by atoms with Gasteiger partial charge in [0, 0.05) is 57.2 Å². The number of nitrogen functional groups attached to an aromatic ring is 1. The molecule has 11 nitrogen and oxygen atoms in total. The molecule has 0 saturated carbocycles. The third kappa shape index (κ3) is 6.49. The largest absolute Gasteiger partial charge is 0.444 e. The topological polar surface area (TPSA) is 143 Å². The van der Waals surface area contributed by atoms with Crippen LogP contribution in [0.4, 0.5) is 25.7 Å². The van der Waals surface area contributed by atoms with Crippen LogP contribution in [0.25, 0.3) is 21.8 Å². The minimum atomic E-state index is -0.572. The Kier molecular flexibility index (Phi) is 8.23. The number of nitrogens with one attached hydrogen (secondary N) is 1. The normalized spacial score (nSPS) is 16.4. The summed E-state index contributed by atoms with van der Waals surface area (Å²) in [4.78, 5) is 20.8. The van der Waals surface area contributed by atoms with Crippen LogP contribution in [-0.4, -0.2) is 77.2 Å². The van der Waals surface area contributed by atoms with Crippen LogP contribution in [0.3, 0.4) is 0 Å². The minimum absolute atomic E-state index is 0.110. The summed E-state index contributed by atoms with van der Waals surface area (Å²) in [5, 5.41) is 22.9. The number of nitriles is 1. The SMILES string of the molecule is CC(C)(C)OC(=O)N1CCN(c2nnc(-c3cnc(-c4ccc(C#N)cc4F)c(N)c3NC3CCOCC3)s2)CC1. The van der Waals surface area contributed by atoms with Crippen LogP contribution in [0.1, 0.15) is 39.2 Å². The van der Waals surface area contributed by atoms with Crippen molar-refractivity contribution < 1.29 is 18.7 Å². The lowest BCUT2D eigenvalue weighted by Crippen LogP contribution is -2.50. The highest BCUT2D eigenvalue weighted by molar-refractivity contribution is 7.18.